The summed E-state index contributed by atoms with van der Waals surface area (Å²) in [4.78, 5) is 2.24. The molecule has 1 rings (SSSR count). The number of rotatable bonds is 4. The monoisotopic (exact) mass is 256 g/mol. The number of aryl methyl sites for hydroxylation is 1. The molecule has 0 aliphatic rings. The van der Waals surface area contributed by atoms with Crippen molar-refractivity contribution in [3.63, 3.8) is 0 Å². The number of halogens is 1. The van der Waals surface area contributed by atoms with E-state index in [0.29, 0.717) is 0 Å². The van der Waals surface area contributed by atoms with E-state index in [1.54, 1.807) is 0 Å². The fourth-order valence-corrected chi connectivity index (χ4v) is 1.97. The molecule has 0 spiro atoms. The number of nitrogens with two attached hydrogens (primary N) is 1. The highest BCUT2D eigenvalue weighted by Gasteiger charge is 2.03. The van der Waals surface area contributed by atoms with Crippen molar-refractivity contribution < 1.29 is 0 Å². The second-order valence-electron chi connectivity index (χ2n) is 3.49. The van der Waals surface area contributed by atoms with E-state index in [2.05, 4.69) is 53.0 Å². The Kier molecular flexibility index (Phi) is 4.42. The van der Waals surface area contributed by atoms with Gasteiger partial charge in [0.05, 0.1) is 0 Å². The van der Waals surface area contributed by atoms with Crippen LogP contribution in [-0.2, 0) is 0 Å². The zero-order valence-electron chi connectivity index (χ0n) is 8.76. The van der Waals surface area contributed by atoms with Crippen LogP contribution in [-0.4, -0.2) is 20.1 Å². The number of nitrogens with zero attached hydrogens (tertiary/aromatic N) is 1. The van der Waals surface area contributed by atoms with E-state index in [4.69, 9.17) is 5.73 Å². The molecular formula is C11H17BrN2. The van der Waals surface area contributed by atoms with Crippen LogP contribution in [0.1, 0.15) is 12.0 Å². The SMILES string of the molecule is Cc1cc(Br)ccc1N(C)CCCN. The van der Waals surface area contributed by atoms with Gasteiger partial charge in [-0.15, -0.1) is 0 Å². The summed E-state index contributed by atoms with van der Waals surface area (Å²) in [6.07, 6.45) is 1.03. The van der Waals surface area contributed by atoms with Gasteiger partial charge in [0.2, 0.25) is 0 Å². The van der Waals surface area contributed by atoms with Crippen molar-refractivity contribution in [2.45, 2.75) is 13.3 Å². The van der Waals surface area contributed by atoms with Crippen LogP contribution in [0.5, 0.6) is 0 Å². The van der Waals surface area contributed by atoms with Crippen LogP contribution >= 0.6 is 15.9 Å². The summed E-state index contributed by atoms with van der Waals surface area (Å²) >= 11 is 3.46. The quantitative estimate of drug-likeness (QED) is 0.898. The van der Waals surface area contributed by atoms with E-state index < -0.39 is 0 Å². The Balaban J connectivity index is 2.74. The Morgan fingerprint density at radius 3 is 2.71 bits per heavy atom. The molecule has 0 saturated carbocycles. The molecule has 3 heteroatoms. The predicted molar refractivity (Wildman–Crippen MR) is 65.8 cm³/mol. The van der Waals surface area contributed by atoms with Crippen LogP contribution in [0.15, 0.2) is 22.7 Å². The van der Waals surface area contributed by atoms with Crippen LogP contribution in [0.4, 0.5) is 5.69 Å². The summed E-state index contributed by atoms with van der Waals surface area (Å²) in [5, 5.41) is 0. The van der Waals surface area contributed by atoms with E-state index in [1.165, 1.54) is 11.3 Å². The van der Waals surface area contributed by atoms with E-state index >= 15 is 0 Å². The van der Waals surface area contributed by atoms with Crippen molar-refractivity contribution in [3.8, 4) is 0 Å². The van der Waals surface area contributed by atoms with Crippen molar-refractivity contribution in [3.05, 3.63) is 28.2 Å². The summed E-state index contributed by atoms with van der Waals surface area (Å²) in [5.74, 6) is 0. The second-order valence-corrected chi connectivity index (χ2v) is 4.41. The number of anilines is 1. The highest BCUT2D eigenvalue weighted by atomic mass is 79.9. The van der Waals surface area contributed by atoms with Crippen LogP contribution in [0.3, 0.4) is 0 Å². The maximum absolute atomic E-state index is 5.48. The van der Waals surface area contributed by atoms with Crippen molar-refractivity contribution >= 4 is 21.6 Å². The van der Waals surface area contributed by atoms with Crippen LogP contribution in [0, 0.1) is 6.92 Å². The van der Waals surface area contributed by atoms with Gasteiger partial charge < -0.3 is 10.6 Å². The first-order valence-corrected chi connectivity index (χ1v) is 5.62. The third kappa shape index (κ3) is 3.00. The van der Waals surface area contributed by atoms with Gasteiger partial charge in [0.1, 0.15) is 0 Å². The average Bonchev–Trinajstić information content (AvgIpc) is 2.14. The van der Waals surface area contributed by atoms with Gasteiger partial charge in [-0.1, -0.05) is 15.9 Å². The van der Waals surface area contributed by atoms with Crippen molar-refractivity contribution in [1.82, 2.24) is 0 Å². The zero-order chi connectivity index (χ0) is 10.6. The number of hydrogen-bond acceptors (Lipinski definition) is 2. The lowest BCUT2D eigenvalue weighted by Gasteiger charge is -2.21. The molecule has 1 aromatic carbocycles. The van der Waals surface area contributed by atoms with Crippen LogP contribution in [0.25, 0.3) is 0 Å². The molecule has 14 heavy (non-hydrogen) atoms. The lowest BCUT2D eigenvalue weighted by atomic mass is 10.2. The number of hydrogen-bond donors (Lipinski definition) is 1. The summed E-state index contributed by atoms with van der Waals surface area (Å²) in [6, 6.07) is 6.34. The molecule has 0 radical (unpaired) electrons. The summed E-state index contributed by atoms with van der Waals surface area (Å²) in [7, 11) is 2.10. The summed E-state index contributed by atoms with van der Waals surface area (Å²) in [5.41, 5.74) is 8.05. The molecule has 1 aromatic rings. The van der Waals surface area contributed by atoms with E-state index in [9.17, 15) is 0 Å². The lowest BCUT2D eigenvalue weighted by Crippen LogP contribution is -2.21. The van der Waals surface area contributed by atoms with Gasteiger partial charge in [0.25, 0.3) is 0 Å². The van der Waals surface area contributed by atoms with Gasteiger partial charge >= 0.3 is 0 Å². The minimum atomic E-state index is 0.750. The Morgan fingerprint density at radius 2 is 2.14 bits per heavy atom. The third-order valence-electron chi connectivity index (χ3n) is 2.27. The van der Waals surface area contributed by atoms with Gasteiger partial charge in [-0.25, -0.2) is 0 Å². The van der Waals surface area contributed by atoms with Crippen molar-refractivity contribution in [1.29, 1.82) is 0 Å². The largest absolute Gasteiger partial charge is 0.374 e. The Labute approximate surface area is 94.2 Å². The smallest absolute Gasteiger partial charge is 0.0394 e. The van der Waals surface area contributed by atoms with E-state index in [1.807, 2.05) is 0 Å². The maximum Gasteiger partial charge on any atom is 0.0394 e. The minimum absolute atomic E-state index is 0.750. The first kappa shape index (κ1) is 11.5. The molecular weight excluding hydrogens is 240 g/mol. The fraction of sp³-hybridized carbons (Fsp3) is 0.455. The third-order valence-corrected chi connectivity index (χ3v) is 2.76. The van der Waals surface area contributed by atoms with E-state index in [-0.39, 0.29) is 0 Å². The van der Waals surface area contributed by atoms with Gasteiger partial charge in [0, 0.05) is 23.8 Å². The molecule has 0 aliphatic carbocycles. The Morgan fingerprint density at radius 1 is 1.43 bits per heavy atom. The average molecular weight is 257 g/mol. The highest BCUT2D eigenvalue weighted by Crippen LogP contribution is 2.22. The molecule has 0 amide bonds. The molecule has 2 nitrogen and oxygen atoms in total. The second kappa shape index (κ2) is 5.37. The molecule has 0 bridgehead atoms. The first-order chi connectivity index (χ1) is 6.65. The summed E-state index contributed by atoms with van der Waals surface area (Å²) in [6.45, 7) is 3.89. The Hall–Kier alpha value is -0.540. The molecule has 78 valence electrons. The zero-order valence-corrected chi connectivity index (χ0v) is 10.3. The van der Waals surface area contributed by atoms with Crippen LogP contribution in [0.2, 0.25) is 0 Å². The normalized spacial score (nSPS) is 10.3. The van der Waals surface area contributed by atoms with Crippen LogP contribution < -0.4 is 10.6 Å². The van der Waals surface area contributed by atoms with Gasteiger partial charge in [-0.05, 0) is 43.7 Å². The van der Waals surface area contributed by atoms with E-state index in [0.717, 1.165) is 24.0 Å². The lowest BCUT2D eigenvalue weighted by molar-refractivity contribution is 0.794. The Bertz CT molecular complexity index is 299. The minimum Gasteiger partial charge on any atom is -0.374 e. The molecule has 0 atom stereocenters. The standard InChI is InChI=1S/C11H17BrN2/c1-9-8-10(12)4-5-11(9)14(2)7-3-6-13/h4-5,8H,3,6-7,13H2,1-2H3. The molecule has 2 N–H and O–H groups in total. The predicted octanol–water partition coefficient (Wildman–Crippen LogP) is 2.54. The maximum atomic E-state index is 5.48. The number of benzene rings is 1. The van der Waals surface area contributed by atoms with Crippen molar-refractivity contribution in [2.24, 2.45) is 5.73 Å². The molecule has 0 saturated heterocycles. The molecule has 0 unspecified atom stereocenters. The first-order valence-electron chi connectivity index (χ1n) is 4.82. The fourth-order valence-electron chi connectivity index (χ4n) is 1.50. The van der Waals surface area contributed by atoms with Crippen molar-refractivity contribution in [2.75, 3.05) is 25.0 Å². The molecule has 0 aliphatic heterocycles. The van der Waals surface area contributed by atoms with Gasteiger partial charge in [0.15, 0.2) is 0 Å². The summed E-state index contributed by atoms with van der Waals surface area (Å²) < 4.78 is 1.13. The topological polar surface area (TPSA) is 29.3 Å². The molecule has 0 aromatic heterocycles. The van der Waals surface area contributed by atoms with Gasteiger partial charge in [-0.2, -0.15) is 0 Å². The molecule has 0 heterocycles. The molecule has 0 fully saturated rings. The highest BCUT2D eigenvalue weighted by molar-refractivity contribution is 9.10. The van der Waals surface area contributed by atoms with Gasteiger partial charge in [-0.3, -0.25) is 0 Å².